The van der Waals surface area contributed by atoms with E-state index in [1.807, 2.05) is 6.08 Å². The maximum absolute atomic E-state index is 10.8. The van der Waals surface area contributed by atoms with Gasteiger partial charge < -0.3 is 5.11 Å². The van der Waals surface area contributed by atoms with Crippen molar-refractivity contribution in [3.05, 3.63) is 11.6 Å². The predicted octanol–water partition coefficient (Wildman–Crippen LogP) is 3.87. The number of carboxylic acid groups (broad SMARTS) is 1. The Morgan fingerprint density at radius 3 is 2.44 bits per heavy atom. The number of hydrogen-bond donors (Lipinski definition) is 1. The molecule has 1 N–H and O–H groups in total. The molecule has 0 aromatic rings. The molecular weight excluding hydrogens is 200 g/mol. The summed E-state index contributed by atoms with van der Waals surface area (Å²) in [6.45, 7) is 8.55. The maximum atomic E-state index is 10.8. The van der Waals surface area contributed by atoms with E-state index in [1.165, 1.54) is 12.8 Å². The monoisotopic (exact) mass is 224 g/mol. The van der Waals surface area contributed by atoms with E-state index >= 15 is 0 Å². The number of allylic oxidation sites excluding steroid dienone is 1. The van der Waals surface area contributed by atoms with Gasteiger partial charge in [-0.1, -0.05) is 33.3 Å². The van der Waals surface area contributed by atoms with Crippen LogP contribution in [0.3, 0.4) is 0 Å². The van der Waals surface area contributed by atoms with E-state index in [0.717, 1.165) is 18.8 Å². The summed E-state index contributed by atoms with van der Waals surface area (Å²) in [6.07, 6.45) is 6.78. The van der Waals surface area contributed by atoms with Gasteiger partial charge in [0, 0.05) is 5.57 Å². The molecule has 2 heteroatoms. The van der Waals surface area contributed by atoms with E-state index in [0.29, 0.717) is 16.9 Å². The number of carboxylic acids is 1. The van der Waals surface area contributed by atoms with Crippen LogP contribution in [-0.4, -0.2) is 11.1 Å². The Hall–Kier alpha value is -0.790. The van der Waals surface area contributed by atoms with E-state index in [4.69, 9.17) is 5.11 Å². The second-order valence-electron chi connectivity index (χ2n) is 6.14. The fourth-order valence-corrected chi connectivity index (χ4v) is 2.59. The molecule has 0 heterocycles. The molecule has 0 aromatic heterocycles. The Balaban J connectivity index is 2.65. The predicted molar refractivity (Wildman–Crippen MR) is 66.3 cm³/mol. The van der Waals surface area contributed by atoms with Gasteiger partial charge in [-0.25, -0.2) is 4.79 Å². The second-order valence-corrected chi connectivity index (χ2v) is 6.14. The number of aliphatic carboxylic acids is 1. The van der Waals surface area contributed by atoms with Crippen molar-refractivity contribution in [3.8, 4) is 0 Å². The molecule has 2 unspecified atom stereocenters. The topological polar surface area (TPSA) is 37.3 Å². The fraction of sp³-hybridized carbons (Fsp3) is 0.786. The van der Waals surface area contributed by atoms with E-state index in [1.54, 1.807) is 6.92 Å². The van der Waals surface area contributed by atoms with Gasteiger partial charge in [0.2, 0.25) is 0 Å². The first-order valence-electron chi connectivity index (χ1n) is 6.22. The first-order chi connectivity index (χ1) is 7.30. The van der Waals surface area contributed by atoms with Gasteiger partial charge in [0.1, 0.15) is 0 Å². The third-order valence-electron chi connectivity index (χ3n) is 3.76. The SMILES string of the molecule is CC(=CC1CCCC(C(C)(C)C)C1)C(=O)O. The second kappa shape index (κ2) is 5.03. The van der Waals surface area contributed by atoms with Crippen LogP contribution in [-0.2, 0) is 4.79 Å². The number of carbonyl (C=O) groups is 1. The van der Waals surface area contributed by atoms with Crippen LogP contribution in [0.4, 0.5) is 0 Å². The van der Waals surface area contributed by atoms with Crippen LogP contribution in [0.15, 0.2) is 11.6 Å². The molecule has 16 heavy (non-hydrogen) atoms. The van der Waals surface area contributed by atoms with Crippen molar-refractivity contribution in [2.75, 3.05) is 0 Å². The highest BCUT2D eigenvalue weighted by molar-refractivity contribution is 5.85. The van der Waals surface area contributed by atoms with Crippen LogP contribution in [0, 0.1) is 17.3 Å². The van der Waals surface area contributed by atoms with Crippen LogP contribution in [0.5, 0.6) is 0 Å². The zero-order valence-corrected chi connectivity index (χ0v) is 10.9. The van der Waals surface area contributed by atoms with Crippen LogP contribution in [0.1, 0.15) is 53.4 Å². The Morgan fingerprint density at radius 1 is 1.31 bits per heavy atom. The average molecular weight is 224 g/mol. The smallest absolute Gasteiger partial charge is 0.330 e. The van der Waals surface area contributed by atoms with Gasteiger partial charge in [-0.3, -0.25) is 0 Å². The molecule has 1 rings (SSSR count). The highest BCUT2D eigenvalue weighted by Crippen LogP contribution is 2.40. The Bertz CT molecular complexity index is 284. The summed E-state index contributed by atoms with van der Waals surface area (Å²) in [5, 5.41) is 8.87. The van der Waals surface area contributed by atoms with Crippen LogP contribution < -0.4 is 0 Å². The molecule has 1 fully saturated rings. The molecule has 1 aliphatic rings. The Labute approximate surface area is 98.7 Å². The summed E-state index contributed by atoms with van der Waals surface area (Å²) in [5.74, 6) is 0.413. The molecule has 0 amide bonds. The largest absolute Gasteiger partial charge is 0.478 e. The van der Waals surface area contributed by atoms with Crippen molar-refractivity contribution in [2.45, 2.75) is 53.4 Å². The minimum atomic E-state index is -0.780. The fourth-order valence-electron chi connectivity index (χ4n) is 2.59. The van der Waals surface area contributed by atoms with Crippen LogP contribution in [0.25, 0.3) is 0 Å². The molecule has 2 atom stereocenters. The molecule has 2 nitrogen and oxygen atoms in total. The number of rotatable bonds is 2. The molecule has 1 saturated carbocycles. The molecular formula is C14H24O2. The molecule has 0 radical (unpaired) electrons. The normalized spacial score (nSPS) is 27.9. The van der Waals surface area contributed by atoms with Crippen molar-refractivity contribution in [1.82, 2.24) is 0 Å². The third-order valence-corrected chi connectivity index (χ3v) is 3.76. The van der Waals surface area contributed by atoms with Crippen molar-refractivity contribution in [3.63, 3.8) is 0 Å². The molecule has 1 aliphatic carbocycles. The third kappa shape index (κ3) is 3.66. The van der Waals surface area contributed by atoms with E-state index in [2.05, 4.69) is 20.8 Å². The lowest BCUT2D eigenvalue weighted by Gasteiger charge is -2.37. The first kappa shape index (κ1) is 13.3. The molecule has 0 aliphatic heterocycles. The van der Waals surface area contributed by atoms with Gasteiger partial charge >= 0.3 is 5.97 Å². The zero-order valence-electron chi connectivity index (χ0n) is 10.9. The minimum Gasteiger partial charge on any atom is -0.478 e. The molecule has 92 valence electrons. The average Bonchev–Trinajstić information content (AvgIpc) is 2.16. The van der Waals surface area contributed by atoms with Gasteiger partial charge in [-0.05, 0) is 43.4 Å². The lowest BCUT2D eigenvalue weighted by molar-refractivity contribution is -0.132. The summed E-state index contributed by atoms with van der Waals surface area (Å²) in [5.41, 5.74) is 0.850. The molecule has 0 saturated heterocycles. The Morgan fingerprint density at radius 2 is 1.94 bits per heavy atom. The van der Waals surface area contributed by atoms with Gasteiger partial charge in [0.05, 0.1) is 0 Å². The van der Waals surface area contributed by atoms with Crippen LogP contribution >= 0.6 is 0 Å². The van der Waals surface area contributed by atoms with E-state index in [9.17, 15) is 4.79 Å². The summed E-state index contributed by atoms with van der Waals surface area (Å²) in [4.78, 5) is 10.8. The van der Waals surface area contributed by atoms with Crippen molar-refractivity contribution in [2.24, 2.45) is 17.3 Å². The van der Waals surface area contributed by atoms with Gasteiger partial charge in [-0.15, -0.1) is 0 Å². The summed E-state index contributed by atoms with van der Waals surface area (Å²) in [7, 11) is 0. The lowest BCUT2D eigenvalue weighted by atomic mass is 9.69. The summed E-state index contributed by atoms with van der Waals surface area (Å²) < 4.78 is 0. The van der Waals surface area contributed by atoms with Gasteiger partial charge in [0.15, 0.2) is 0 Å². The van der Waals surface area contributed by atoms with Crippen molar-refractivity contribution in [1.29, 1.82) is 0 Å². The minimum absolute atomic E-state index is 0.351. The standard InChI is InChI=1S/C14H24O2/c1-10(13(15)16)8-11-6-5-7-12(9-11)14(2,3)4/h8,11-12H,5-7,9H2,1-4H3,(H,15,16). The zero-order chi connectivity index (χ0) is 12.3. The molecule has 0 spiro atoms. The van der Waals surface area contributed by atoms with E-state index < -0.39 is 5.97 Å². The first-order valence-corrected chi connectivity index (χ1v) is 6.22. The van der Waals surface area contributed by atoms with Crippen LogP contribution in [0.2, 0.25) is 0 Å². The highest BCUT2D eigenvalue weighted by Gasteiger charge is 2.29. The molecule has 0 bridgehead atoms. The van der Waals surface area contributed by atoms with Gasteiger partial charge in [-0.2, -0.15) is 0 Å². The highest BCUT2D eigenvalue weighted by atomic mass is 16.4. The lowest BCUT2D eigenvalue weighted by Crippen LogP contribution is -2.26. The maximum Gasteiger partial charge on any atom is 0.330 e. The number of hydrogen-bond acceptors (Lipinski definition) is 1. The Kier molecular flexibility index (Phi) is 4.17. The molecule has 0 aromatic carbocycles. The van der Waals surface area contributed by atoms with E-state index in [-0.39, 0.29) is 0 Å². The quantitative estimate of drug-likeness (QED) is 0.723. The summed E-state index contributed by atoms with van der Waals surface area (Å²) in [6, 6.07) is 0. The van der Waals surface area contributed by atoms with Crippen molar-refractivity contribution < 1.29 is 9.90 Å². The van der Waals surface area contributed by atoms with Crippen molar-refractivity contribution >= 4 is 5.97 Å². The van der Waals surface area contributed by atoms with Gasteiger partial charge in [0.25, 0.3) is 0 Å². The summed E-state index contributed by atoms with van der Waals surface area (Å²) >= 11 is 0.